The maximum atomic E-state index is 13.4. The van der Waals surface area contributed by atoms with Gasteiger partial charge in [-0.05, 0) is 18.6 Å². The lowest BCUT2D eigenvalue weighted by molar-refractivity contribution is -0.143. The summed E-state index contributed by atoms with van der Waals surface area (Å²) < 4.78 is 17.9. The topological polar surface area (TPSA) is 79.2 Å². The molecule has 0 spiro atoms. The number of halogens is 1. The normalized spacial score (nSPS) is 11.2. The molecule has 0 fully saturated rings. The number of nitrogens with one attached hydrogen (secondary N) is 1. The van der Waals surface area contributed by atoms with E-state index < -0.39 is 23.7 Å². The molecule has 0 saturated heterocycles. The molecule has 1 aromatic carbocycles. The molecule has 0 aliphatic carbocycles. The zero-order valence-corrected chi connectivity index (χ0v) is 10.4. The highest BCUT2D eigenvalue weighted by Gasteiger charge is 2.22. The largest absolute Gasteiger partial charge is 0.467 e. The second-order valence-electron chi connectivity index (χ2n) is 3.73. The summed E-state index contributed by atoms with van der Waals surface area (Å²) in [5, 5.41) is 10.8. The van der Waals surface area contributed by atoms with Gasteiger partial charge >= 0.3 is 5.97 Å². The number of hydrogen-bond donors (Lipinski definition) is 1. The third-order valence-electron chi connectivity index (χ3n) is 2.45. The Morgan fingerprint density at radius 3 is 2.74 bits per heavy atom. The molecule has 1 N–H and O–H groups in total. The van der Waals surface area contributed by atoms with Gasteiger partial charge in [-0.2, -0.15) is 5.26 Å². The number of methoxy groups -OCH3 is 1. The Morgan fingerprint density at radius 2 is 2.16 bits per heavy atom. The van der Waals surface area contributed by atoms with Crippen LogP contribution in [0.1, 0.15) is 23.2 Å². The Bertz CT molecular complexity index is 511. The summed E-state index contributed by atoms with van der Waals surface area (Å²) in [6, 6.07) is 6.34. The maximum absolute atomic E-state index is 13.4. The van der Waals surface area contributed by atoms with Gasteiger partial charge in [-0.25, -0.2) is 9.18 Å². The Hall–Kier alpha value is -2.42. The first-order valence-corrected chi connectivity index (χ1v) is 5.60. The third-order valence-corrected chi connectivity index (χ3v) is 2.45. The molecule has 1 rings (SSSR count). The molecule has 1 aromatic rings. The second-order valence-corrected chi connectivity index (χ2v) is 3.73. The van der Waals surface area contributed by atoms with Gasteiger partial charge in [0.2, 0.25) is 0 Å². The molecule has 1 atom stereocenters. The number of nitrogens with zero attached hydrogens (tertiary/aromatic N) is 1. The van der Waals surface area contributed by atoms with Crippen LogP contribution in [0.2, 0.25) is 0 Å². The van der Waals surface area contributed by atoms with Crippen LogP contribution in [-0.4, -0.2) is 25.0 Å². The maximum Gasteiger partial charge on any atom is 0.328 e. The van der Waals surface area contributed by atoms with E-state index in [-0.39, 0.29) is 18.4 Å². The highest BCUT2D eigenvalue weighted by molar-refractivity contribution is 5.96. The minimum Gasteiger partial charge on any atom is -0.467 e. The molecule has 0 aromatic heterocycles. The van der Waals surface area contributed by atoms with Crippen LogP contribution in [0.3, 0.4) is 0 Å². The Kier molecular flexibility index (Phi) is 5.48. The molecule has 0 aliphatic rings. The molecule has 0 radical (unpaired) electrons. The van der Waals surface area contributed by atoms with Crippen molar-refractivity contribution in [2.24, 2.45) is 0 Å². The zero-order chi connectivity index (χ0) is 14.3. The average Bonchev–Trinajstić information content (AvgIpc) is 2.42. The van der Waals surface area contributed by atoms with Crippen LogP contribution in [0.25, 0.3) is 0 Å². The summed E-state index contributed by atoms with van der Waals surface area (Å²) in [6.07, 6.45) is 0.195. The van der Waals surface area contributed by atoms with Gasteiger partial charge in [0.25, 0.3) is 5.91 Å². The third kappa shape index (κ3) is 4.07. The van der Waals surface area contributed by atoms with Gasteiger partial charge in [0, 0.05) is 6.42 Å². The van der Waals surface area contributed by atoms with Gasteiger partial charge < -0.3 is 10.1 Å². The van der Waals surface area contributed by atoms with Crippen LogP contribution < -0.4 is 5.32 Å². The minimum absolute atomic E-state index is 0.0807. The van der Waals surface area contributed by atoms with Crippen LogP contribution in [0, 0.1) is 17.1 Å². The van der Waals surface area contributed by atoms with Crippen LogP contribution >= 0.6 is 0 Å². The SMILES string of the molecule is COC(=O)[C@H](CCC#N)NC(=O)c1ccccc1F. The molecule has 6 heteroatoms. The number of hydrogen-bond acceptors (Lipinski definition) is 4. The fourth-order valence-electron chi connectivity index (χ4n) is 1.48. The molecular formula is C13H13FN2O3. The van der Waals surface area contributed by atoms with Crippen molar-refractivity contribution in [3.05, 3.63) is 35.6 Å². The molecule has 19 heavy (non-hydrogen) atoms. The Morgan fingerprint density at radius 1 is 1.47 bits per heavy atom. The van der Waals surface area contributed by atoms with Crippen LogP contribution in [0.15, 0.2) is 24.3 Å². The smallest absolute Gasteiger partial charge is 0.328 e. The number of rotatable bonds is 5. The lowest BCUT2D eigenvalue weighted by Gasteiger charge is -2.15. The average molecular weight is 264 g/mol. The summed E-state index contributed by atoms with van der Waals surface area (Å²) in [4.78, 5) is 23.2. The standard InChI is InChI=1S/C13H13FN2O3/c1-19-13(18)11(7-4-8-15)16-12(17)9-5-2-3-6-10(9)14/h2-3,5-6,11H,4,7H2,1H3,(H,16,17)/t11-/m0/s1. The van der Waals surface area contributed by atoms with E-state index >= 15 is 0 Å². The monoisotopic (exact) mass is 264 g/mol. The van der Waals surface area contributed by atoms with Crippen molar-refractivity contribution < 1.29 is 18.7 Å². The van der Waals surface area contributed by atoms with Gasteiger partial charge in [-0.1, -0.05) is 12.1 Å². The molecule has 0 heterocycles. The van der Waals surface area contributed by atoms with Gasteiger partial charge in [-0.3, -0.25) is 4.79 Å². The predicted octanol–water partition coefficient (Wildman–Crippen LogP) is 1.40. The van der Waals surface area contributed by atoms with Gasteiger partial charge in [0.1, 0.15) is 11.9 Å². The first-order valence-electron chi connectivity index (χ1n) is 5.60. The summed E-state index contributed by atoms with van der Waals surface area (Å²) in [7, 11) is 1.18. The van der Waals surface area contributed by atoms with Crippen molar-refractivity contribution in [2.45, 2.75) is 18.9 Å². The van der Waals surface area contributed by atoms with Crippen molar-refractivity contribution in [2.75, 3.05) is 7.11 Å². The molecule has 0 saturated carbocycles. The highest BCUT2D eigenvalue weighted by Crippen LogP contribution is 2.08. The number of ether oxygens (including phenoxy) is 1. The molecule has 0 unspecified atom stereocenters. The van der Waals surface area contributed by atoms with Crippen molar-refractivity contribution in [3.8, 4) is 6.07 Å². The van der Waals surface area contributed by atoms with Crippen LogP contribution in [0.4, 0.5) is 4.39 Å². The van der Waals surface area contributed by atoms with Gasteiger partial charge in [-0.15, -0.1) is 0 Å². The van der Waals surface area contributed by atoms with E-state index in [9.17, 15) is 14.0 Å². The fourth-order valence-corrected chi connectivity index (χ4v) is 1.48. The molecule has 100 valence electrons. The Labute approximate surface area is 110 Å². The Balaban J connectivity index is 2.79. The lowest BCUT2D eigenvalue weighted by Crippen LogP contribution is -2.41. The summed E-state index contributed by atoms with van der Waals surface area (Å²) in [5.74, 6) is -2.06. The second kappa shape index (κ2) is 7.11. The summed E-state index contributed by atoms with van der Waals surface area (Å²) in [6.45, 7) is 0. The molecule has 5 nitrogen and oxygen atoms in total. The van der Waals surface area contributed by atoms with Crippen molar-refractivity contribution in [1.82, 2.24) is 5.32 Å². The van der Waals surface area contributed by atoms with E-state index in [1.165, 1.54) is 25.3 Å². The van der Waals surface area contributed by atoms with Crippen LogP contribution in [-0.2, 0) is 9.53 Å². The van der Waals surface area contributed by atoms with E-state index in [4.69, 9.17) is 5.26 Å². The van der Waals surface area contributed by atoms with Crippen molar-refractivity contribution in [3.63, 3.8) is 0 Å². The first-order chi connectivity index (χ1) is 9.10. The zero-order valence-electron chi connectivity index (χ0n) is 10.4. The minimum atomic E-state index is -0.961. The van der Waals surface area contributed by atoms with Crippen LogP contribution in [0.5, 0.6) is 0 Å². The van der Waals surface area contributed by atoms with E-state index in [1.54, 1.807) is 0 Å². The quantitative estimate of drug-likeness (QED) is 0.815. The molecule has 0 bridgehead atoms. The summed E-state index contributed by atoms with van der Waals surface area (Å²) in [5.41, 5.74) is -0.159. The number of carbonyl (C=O) groups is 2. The van der Waals surface area contributed by atoms with E-state index in [0.717, 1.165) is 6.07 Å². The number of carbonyl (C=O) groups excluding carboxylic acids is 2. The molecule has 1 amide bonds. The van der Waals surface area contributed by atoms with Crippen molar-refractivity contribution >= 4 is 11.9 Å². The fraction of sp³-hybridized carbons (Fsp3) is 0.308. The molecular weight excluding hydrogens is 251 g/mol. The van der Waals surface area contributed by atoms with E-state index in [2.05, 4.69) is 10.1 Å². The predicted molar refractivity (Wildman–Crippen MR) is 64.5 cm³/mol. The first kappa shape index (κ1) is 14.6. The van der Waals surface area contributed by atoms with Crippen molar-refractivity contribution in [1.29, 1.82) is 5.26 Å². The lowest BCUT2D eigenvalue weighted by atomic mass is 10.1. The highest BCUT2D eigenvalue weighted by atomic mass is 19.1. The number of nitriles is 1. The van der Waals surface area contributed by atoms with Gasteiger partial charge in [0.05, 0.1) is 18.7 Å². The van der Waals surface area contributed by atoms with Gasteiger partial charge in [0.15, 0.2) is 0 Å². The molecule has 0 aliphatic heterocycles. The number of esters is 1. The van der Waals surface area contributed by atoms with E-state index in [0.29, 0.717) is 0 Å². The summed E-state index contributed by atoms with van der Waals surface area (Å²) >= 11 is 0. The number of amides is 1. The van der Waals surface area contributed by atoms with E-state index in [1.807, 2.05) is 6.07 Å². The number of benzene rings is 1.